The molecule has 5 N–H and O–H groups in total. The summed E-state index contributed by atoms with van der Waals surface area (Å²) < 4.78 is 0. The van der Waals surface area contributed by atoms with E-state index in [9.17, 15) is 5.11 Å². The SMILES string of the molecule is CC(O)(CO)CNc1nc(N)nc(N2CCCC2)n1. The molecule has 0 bridgehead atoms. The first-order chi connectivity index (χ1) is 9.00. The largest absolute Gasteiger partial charge is 0.393 e. The molecule has 1 aliphatic heterocycles. The van der Waals surface area contributed by atoms with E-state index in [0.717, 1.165) is 25.9 Å². The third-order valence-electron chi connectivity index (χ3n) is 3.00. The first-order valence-corrected chi connectivity index (χ1v) is 6.34. The van der Waals surface area contributed by atoms with Crippen LogP contribution in [-0.4, -0.2) is 57.0 Å². The molecule has 1 aromatic heterocycles. The maximum atomic E-state index is 9.71. The van der Waals surface area contributed by atoms with Crippen molar-refractivity contribution in [3.8, 4) is 0 Å². The topological polar surface area (TPSA) is 120 Å². The number of aliphatic hydroxyl groups excluding tert-OH is 1. The van der Waals surface area contributed by atoms with E-state index in [-0.39, 0.29) is 19.1 Å². The molecule has 8 nitrogen and oxygen atoms in total. The minimum atomic E-state index is -1.23. The van der Waals surface area contributed by atoms with Gasteiger partial charge in [-0.05, 0) is 19.8 Å². The lowest BCUT2D eigenvalue weighted by Gasteiger charge is -2.21. The van der Waals surface area contributed by atoms with Gasteiger partial charge in [-0.25, -0.2) is 0 Å². The van der Waals surface area contributed by atoms with E-state index < -0.39 is 5.60 Å². The highest BCUT2D eigenvalue weighted by atomic mass is 16.3. The third-order valence-corrected chi connectivity index (χ3v) is 3.00. The zero-order valence-electron chi connectivity index (χ0n) is 11.0. The van der Waals surface area contributed by atoms with E-state index in [2.05, 4.69) is 20.3 Å². The molecule has 1 fully saturated rings. The van der Waals surface area contributed by atoms with Crippen LogP contribution in [0, 0.1) is 0 Å². The predicted molar refractivity (Wildman–Crippen MR) is 71.9 cm³/mol. The van der Waals surface area contributed by atoms with Crippen molar-refractivity contribution in [1.82, 2.24) is 15.0 Å². The number of nitrogens with one attached hydrogen (secondary N) is 1. The Morgan fingerprint density at radius 3 is 2.63 bits per heavy atom. The summed E-state index contributed by atoms with van der Waals surface area (Å²) in [5, 5.41) is 21.5. The van der Waals surface area contributed by atoms with Crippen LogP contribution >= 0.6 is 0 Å². The summed E-state index contributed by atoms with van der Waals surface area (Å²) in [4.78, 5) is 14.4. The zero-order chi connectivity index (χ0) is 13.9. The second-order valence-corrected chi connectivity index (χ2v) is 5.02. The van der Waals surface area contributed by atoms with E-state index in [0.29, 0.717) is 11.9 Å². The number of anilines is 3. The Morgan fingerprint density at radius 2 is 2.00 bits per heavy atom. The van der Waals surface area contributed by atoms with Crippen LogP contribution in [0.15, 0.2) is 0 Å². The van der Waals surface area contributed by atoms with Gasteiger partial charge in [0.1, 0.15) is 5.60 Å². The van der Waals surface area contributed by atoms with Gasteiger partial charge in [0.15, 0.2) is 0 Å². The molecule has 0 aromatic carbocycles. The Labute approximate surface area is 111 Å². The van der Waals surface area contributed by atoms with E-state index in [1.54, 1.807) is 0 Å². The fraction of sp³-hybridized carbons (Fsp3) is 0.727. The van der Waals surface area contributed by atoms with E-state index >= 15 is 0 Å². The Morgan fingerprint density at radius 1 is 1.32 bits per heavy atom. The fourth-order valence-electron chi connectivity index (χ4n) is 1.84. The molecule has 2 rings (SSSR count). The van der Waals surface area contributed by atoms with Crippen LogP contribution < -0.4 is 16.0 Å². The lowest BCUT2D eigenvalue weighted by Crippen LogP contribution is -2.37. The van der Waals surface area contributed by atoms with Crippen LogP contribution in [0.4, 0.5) is 17.8 Å². The average molecular weight is 268 g/mol. The first kappa shape index (κ1) is 13.8. The van der Waals surface area contributed by atoms with Crippen molar-refractivity contribution in [3.63, 3.8) is 0 Å². The summed E-state index contributed by atoms with van der Waals surface area (Å²) in [6, 6.07) is 0. The molecule has 1 saturated heterocycles. The van der Waals surface area contributed by atoms with Crippen molar-refractivity contribution in [1.29, 1.82) is 0 Å². The normalized spacial score (nSPS) is 18.4. The number of aliphatic hydroxyl groups is 2. The van der Waals surface area contributed by atoms with Crippen molar-refractivity contribution in [3.05, 3.63) is 0 Å². The number of aromatic nitrogens is 3. The molecule has 0 spiro atoms. The molecular weight excluding hydrogens is 248 g/mol. The van der Waals surface area contributed by atoms with Gasteiger partial charge in [0.05, 0.1) is 6.61 Å². The number of rotatable bonds is 5. The number of hydrogen-bond donors (Lipinski definition) is 4. The number of nitrogens with zero attached hydrogens (tertiary/aromatic N) is 4. The quantitative estimate of drug-likeness (QED) is 0.548. The molecule has 0 saturated carbocycles. The fourth-order valence-corrected chi connectivity index (χ4v) is 1.84. The lowest BCUT2D eigenvalue weighted by atomic mass is 10.1. The molecule has 19 heavy (non-hydrogen) atoms. The second kappa shape index (κ2) is 5.54. The minimum Gasteiger partial charge on any atom is -0.393 e. The van der Waals surface area contributed by atoms with Gasteiger partial charge in [-0.2, -0.15) is 15.0 Å². The Hall–Kier alpha value is -1.67. The van der Waals surface area contributed by atoms with Crippen molar-refractivity contribution >= 4 is 17.8 Å². The Bertz CT molecular complexity index is 433. The van der Waals surface area contributed by atoms with Crippen LogP contribution in [0.2, 0.25) is 0 Å². The van der Waals surface area contributed by atoms with Gasteiger partial charge in [-0.15, -0.1) is 0 Å². The summed E-state index contributed by atoms with van der Waals surface area (Å²) in [6.45, 7) is 3.13. The molecule has 2 heterocycles. The van der Waals surface area contributed by atoms with Crippen LogP contribution in [0.5, 0.6) is 0 Å². The summed E-state index contributed by atoms with van der Waals surface area (Å²) in [6.07, 6.45) is 2.24. The van der Waals surface area contributed by atoms with Crippen LogP contribution in [0.3, 0.4) is 0 Å². The highest BCUT2D eigenvalue weighted by Gasteiger charge is 2.20. The van der Waals surface area contributed by atoms with Gasteiger partial charge in [0.25, 0.3) is 0 Å². The lowest BCUT2D eigenvalue weighted by molar-refractivity contribution is 0.0131. The molecular formula is C11H20N6O2. The van der Waals surface area contributed by atoms with Gasteiger partial charge in [-0.3, -0.25) is 0 Å². The van der Waals surface area contributed by atoms with Gasteiger partial charge < -0.3 is 26.2 Å². The van der Waals surface area contributed by atoms with Gasteiger partial charge in [-0.1, -0.05) is 0 Å². The predicted octanol–water partition coefficient (Wildman–Crippen LogP) is -0.791. The summed E-state index contributed by atoms with van der Waals surface area (Å²) >= 11 is 0. The maximum Gasteiger partial charge on any atom is 0.231 e. The molecule has 8 heteroatoms. The smallest absolute Gasteiger partial charge is 0.231 e. The third kappa shape index (κ3) is 3.65. The zero-order valence-corrected chi connectivity index (χ0v) is 11.0. The van der Waals surface area contributed by atoms with Crippen LogP contribution in [0.1, 0.15) is 19.8 Å². The van der Waals surface area contributed by atoms with E-state index in [1.807, 2.05) is 4.90 Å². The summed E-state index contributed by atoms with van der Waals surface area (Å²) in [5.74, 6) is 1.00. The molecule has 0 aliphatic carbocycles. The monoisotopic (exact) mass is 268 g/mol. The summed E-state index contributed by atoms with van der Waals surface area (Å²) in [7, 11) is 0. The molecule has 0 radical (unpaired) electrons. The van der Waals surface area contributed by atoms with E-state index in [4.69, 9.17) is 10.8 Å². The van der Waals surface area contributed by atoms with Gasteiger partial charge >= 0.3 is 0 Å². The van der Waals surface area contributed by atoms with Gasteiger partial charge in [0.2, 0.25) is 17.8 Å². The number of nitrogens with two attached hydrogens (primary N) is 1. The average Bonchev–Trinajstić information content (AvgIpc) is 2.90. The van der Waals surface area contributed by atoms with Crippen molar-refractivity contribution in [2.75, 3.05) is 42.2 Å². The Kier molecular flexibility index (Phi) is 4.01. The molecule has 1 unspecified atom stereocenters. The van der Waals surface area contributed by atoms with E-state index in [1.165, 1.54) is 6.92 Å². The molecule has 1 atom stereocenters. The minimum absolute atomic E-state index is 0.131. The highest BCUT2D eigenvalue weighted by molar-refractivity contribution is 5.42. The van der Waals surface area contributed by atoms with Crippen molar-refractivity contribution in [2.24, 2.45) is 0 Å². The summed E-state index contributed by atoms with van der Waals surface area (Å²) in [5.41, 5.74) is 4.43. The van der Waals surface area contributed by atoms with Crippen LogP contribution in [0.25, 0.3) is 0 Å². The van der Waals surface area contributed by atoms with Crippen molar-refractivity contribution in [2.45, 2.75) is 25.4 Å². The molecule has 106 valence electrons. The van der Waals surface area contributed by atoms with Crippen molar-refractivity contribution < 1.29 is 10.2 Å². The number of nitrogen functional groups attached to an aromatic ring is 1. The first-order valence-electron chi connectivity index (χ1n) is 6.34. The second-order valence-electron chi connectivity index (χ2n) is 5.02. The van der Waals surface area contributed by atoms with Gasteiger partial charge in [0, 0.05) is 19.6 Å². The highest BCUT2D eigenvalue weighted by Crippen LogP contribution is 2.17. The molecule has 1 aromatic rings. The molecule has 0 amide bonds. The maximum absolute atomic E-state index is 9.71. The van der Waals surface area contributed by atoms with Crippen LogP contribution in [-0.2, 0) is 0 Å². The Balaban J connectivity index is 2.08. The number of hydrogen-bond acceptors (Lipinski definition) is 8. The standard InChI is InChI=1S/C11H20N6O2/c1-11(19,7-18)6-13-9-14-8(12)15-10(16-9)17-4-2-3-5-17/h18-19H,2-7H2,1H3,(H3,12,13,14,15,16). The molecule has 1 aliphatic rings.